The molecule has 144 valence electrons. The van der Waals surface area contributed by atoms with Gasteiger partial charge in [-0.2, -0.15) is 0 Å². The normalized spacial score (nSPS) is 11.7. The molecule has 0 saturated heterocycles. The van der Waals surface area contributed by atoms with Crippen LogP contribution in [0.3, 0.4) is 0 Å². The first-order valence-corrected chi connectivity index (χ1v) is 9.37. The largest absolute Gasteiger partial charge is 0.450 e. The molecule has 0 aliphatic carbocycles. The summed E-state index contributed by atoms with van der Waals surface area (Å²) in [5, 5.41) is 16.2. The van der Waals surface area contributed by atoms with Gasteiger partial charge >= 0.3 is 6.09 Å². The second kappa shape index (κ2) is 11.3. The minimum Gasteiger partial charge on any atom is -0.450 e. The molecule has 0 fully saturated rings. The van der Waals surface area contributed by atoms with Crippen LogP contribution in [0.25, 0.3) is 0 Å². The summed E-state index contributed by atoms with van der Waals surface area (Å²) >= 11 is 1.29. The molecule has 0 heterocycles. The highest BCUT2D eigenvalue weighted by molar-refractivity contribution is 8.00. The number of nitro groups is 1. The number of carbonyl (C=O) groups excluding carboxylic acids is 2. The second-order valence-corrected chi connectivity index (χ2v) is 7.08. The average Bonchev–Trinajstić information content (AvgIpc) is 2.58. The van der Waals surface area contributed by atoms with Crippen LogP contribution < -0.4 is 10.6 Å². The standard InChI is InChI=1S/C17H25N3O5S/c1-4-25-17(22)19-13(9-12(2)3)10-18-16(21)11-26-15-7-5-14(6-8-15)20(23)24/h5-8,12-13H,4,9-11H2,1-3H3,(H,18,21)(H,19,22). The summed E-state index contributed by atoms with van der Waals surface area (Å²) in [5.74, 6) is 0.368. The van der Waals surface area contributed by atoms with Gasteiger partial charge in [0.2, 0.25) is 5.91 Å². The quantitative estimate of drug-likeness (QED) is 0.365. The van der Waals surface area contributed by atoms with Crippen LogP contribution in [0.4, 0.5) is 10.5 Å². The summed E-state index contributed by atoms with van der Waals surface area (Å²) in [6.45, 7) is 6.40. The fourth-order valence-corrected chi connectivity index (χ4v) is 2.93. The molecule has 1 atom stereocenters. The number of non-ortho nitro benzene ring substituents is 1. The van der Waals surface area contributed by atoms with Crippen molar-refractivity contribution in [2.45, 2.75) is 38.1 Å². The first-order valence-electron chi connectivity index (χ1n) is 8.39. The number of amides is 2. The molecule has 0 aliphatic rings. The number of nitro benzene ring substituents is 1. The number of hydrogen-bond donors (Lipinski definition) is 2. The molecular weight excluding hydrogens is 358 g/mol. The Bertz CT molecular complexity index is 607. The fraction of sp³-hybridized carbons (Fsp3) is 0.529. The van der Waals surface area contributed by atoms with E-state index in [1.54, 1.807) is 19.1 Å². The highest BCUT2D eigenvalue weighted by Gasteiger charge is 2.16. The Balaban J connectivity index is 2.43. The first kappa shape index (κ1) is 21.8. The van der Waals surface area contributed by atoms with E-state index in [9.17, 15) is 19.7 Å². The Labute approximate surface area is 157 Å². The number of carbonyl (C=O) groups is 2. The molecule has 0 bridgehead atoms. The third kappa shape index (κ3) is 8.70. The van der Waals surface area contributed by atoms with Crippen molar-refractivity contribution < 1.29 is 19.2 Å². The van der Waals surface area contributed by atoms with Gasteiger partial charge in [-0.25, -0.2) is 4.79 Å². The van der Waals surface area contributed by atoms with Crippen molar-refractivity contribution in [3.8, 4) is 0 Å². The fourth-order valence-electron chi connectivity index (χ4n) is 2.20. The molecule has 1 rings (SSSR count). The molecule has 0 spiro atoms. The summed E-state index contributed by atoms with van der Waals surface area (Å²) in [6, 6.07) is 5.83. The van der Waals surface area contributed by atoms with Gasteiger partial charge in [-0.05, 0) is 31.4 Å². The summed E-state index contributed by atoms with van der Waals surface area (Å²) in [4.78, 5) is 34.5. The molecule has 1 unspecified atom stereocenters. The topological polar surface area (TPSA) is 111 Å². The summed E-state index contributed by atoms with van der Waals surface area (Å²) < 4.78 is 4.88. The van der Waals surface area contributed by atoms with Crippen LogP contribution >= 0.6 is 11.8 Å². The molecule has 9 heteroatoms. The van der Waals surface area contributed by atoms with Crippen molar-refractivity contribution in [3.05, 3.63) is 34.4 Å². The Morgan fingerprint density at radius 3 is 2.46 bits per heavy atom. The molecule has 0 saturated carbocycles. The first-order chi connectivity index (χ1) is 12.3. The minimum absolute atomic E-state index is 0.0142. The van der Waals surface area contributed by atoms with Crippen LogP contribution in [-0.4, -0.2) is 41.9 Å². The van der Waals surface area contributed by atoms with Gasteiger partial charge in [0.15, 0.2) is 0 Å². The molecule has 2 N–H and O–H groups in total. The summed E-state index contributed by atoms with van der Waals surface area (Å²) in [6.07, 6.45) is 0.224. The second-order valence-electron chi connectivity index (χ2n) is 6.04. The highest BCUT2D eigenvalue weighted by atomic mass is 32.2. The van der Waals surface area contributed by atoms with Crippen LogP contribution in [0.5, 0.6) is 0 Å². The molecule has 0 aromatic heterocycles. The van der Waals surface area contributed by atoms with Crippen molar-refractivity contribution in [2.75, 3.05) is 18.9 Å². The van der Waals surface area contributed by atoms with E-state index in [4.69, 9.17) is 4.74 Å². The molecule has 0 aliphatic heterocycles. The molecule has 2 amide bonds. The smallest absolute Gasteiger partial charge is 0.407 e. The Morgan fingerprint density at radius 2 is 1.92 bits per heavy atom. The third-order valence-electron chi connectivity index (χ3n) is 3.32. The molecule has 26 heavy (non-hydrogen) atoms. The van der Waals surface area contributed by atoms with E-state index in [-0.39, 0.29) is 23.4 Å². The number of benzene rings is 1. The highest BCUT2D eigenvalue weighted by Crippen LogP contribution is 2.21. The van der Waals surface area contributed by atoms with Gasteiger partial charge in [-0.15, -0.1) is 11.8 Å². The summed E-state index contributed by atoms with van der Waals surface area (Å²) in [7, 11) is 0. The van der Waals surface area contributed by atoms with E-state index in [1.165, 1.54) is 23.9 Å². The van der Waals surface area contributed by atoms with E-state index in [0.29, 0.717) is 25.5 Å². The van der Waals surface area contributed by atoms with E-state index in [1.807, 2.05) is 13.8 Å². The lowest BCUT2D eigenvalue weighted by atomic mass is 10.0. The van der Waals surface area contributed by atoms with Gasteiger partial charge in [0.05, 0.1) is 17.3 Å². The van der Waals surface area contributed by atoms with Gasteiger partial charge in [-0.1, -0.05) is 13.8 Å². The van der Waals surface area contributed by atoms with Crippen LogP contribution in [0.1, 0.15) is 27.2 Å². The zero-order chi connectivity index (χ0) is 19.5. The van der Waals surface area contributed by atoms with Crippen LogP contribution in [0.2, 0.25) is 0 Å². The Hall–Kier alpha value is -2.29. The lowest BCUT2D eigenvalue weighted by Crippen LogP contribution is -2.45. The monoisotopic (exact) mass is 383 g/mol. The van der Waals surface area contributed by atoms with Gasteiger partial charge < -0.3 is 15.4 Å². The van der Waals surface area contributed by atoms with Crippen LogP contribution in [0, 0.1) is 16.0 Å². The van der Waals surface area contributed by atoms with E-state index in [0.717, 1.165) is 4.90 Å². The molecule has 1 aromatic rings. The number of thioether (sulfide) groups is 1. The van der Waals surface area contributed by atoms with Gasteiger partial charge in [-0.3, -0.25) is 14.9 Å². The SMILES string of the molecule is CCOC(=O)NC(CNC(=O)CSc1ccc([N+](=O)[O-])cc1)CC(C)C. The van der Waals surface area contributed by atoms with Gasteiger partial charge in [0.1, 0.15) is 0 Å². The van der Waals surface area contributed by atoms with Crippen LogP contribution in [0.15, 0.2) is 29.2 Å². The molecule has 1 aromatic carbocycles. The Morgan fingerprint density at radius 1 is 1.27 bits per heavy atom. The van der Waals surface area contributed by atoms with Crippen molar-refractivity contribution in [3.63, 3.8) is 0 Å². The lowest BCUT2D eigenvalue weighted by Gasteiger charge is -2.20. The lowest BCUT2D eigenvalue weighted by molar-refractivity contribution is -0.384. The number of hydrogen-bond acceptors (Lipinski definition) is 6. The zero-order valence-electron chi connectivity index (χ0n) is 15.2. The van der Waals surface area contributed by atoms with E-state index in [2.05, 4.69) is 10.6 Å². The number of nitrogens with one attached hydrogen (secondary N) is 2. The maximum absolute atomic E-state index is 12.0. The maximum atomic E-state index is 12.0. The zero-order valence-corrected chi connectivity index (χ0v) is 16.0. The van der Waals surface area contributed by atoms with Crippen molar-refractivity contribution >= 4 is 29.4 Å². The maximum Gasteiger partial charge on any atom is 0.407 e. The van der Waals surface area contributed by atoms with E-state index >= 15 is 0 Å². The predicted molar refractivity (Wildman–Crippen MR) is 100 cm³/mol. The Kier molecular flexibility index (Phi) is 9.50. The van der Waals surface area contributed by atoms with Gasteiger partial charge in [0, 0.05) is 29.6 Å². The van der Waals surface area contributed by atoms with Crippen molar-refractivity contribution in [1.29, 1.82) is 0 Å². The average molecular weight is 383 g/mol. The van der Waals surface area contributed by atoms with Crippen molar-refractivity contribution in [1.82, 2.24) is 10.6 Å². The number of rotatable bonds is 10. The predicted octanol–water partition coefficient (Wildman–Crippen LogP) is 2.96. The van der Waals surface area contributed by atoms with E-state index < -0.39 is 11.0 Å². The molecule has 8 nitrogen and oxygen atoms in total. The van der Waals surface area contributed by atoms with Crippen LogP contribution in [-0.2, 0) is 9.53 Å². The molecular formula is C17H25N3O5S. The van der Waals surface area contributed by atoms with Gasteiger partial charge in [0.25, 0.3) is 5.69 Å². The number of alkyl carbamates (subject to hydrolysis) is 1. The minimum atomic E-state index is -0.493. The molecule has 0 radical (unpaired) electrons. The summed E-state index contributed by atoms with van der Waals surface area (Å²) in [5.41, 5.74) is 0.0142. The number of ether oxygens (including phenoxy) is 1. The number of nitrogens with zero attached hydrogens (tertiary/aromatic N) is 1. The van der Waals surface area contributed by atoms with Crippen molar-refractivity contribution in [2.24, 2.45) is 5.92 Å². The third-order valence-corrected chi connectivity index (χ3v) is 4.33.